The van der Waals surface area contributed by atoms with Crippen LogP contribution in [-0.2, 0) is 0 Å². The van der Waals surface area contributed by atoms with E-state index < -0.39 is 0 Å². The van der Waals surface area contributed by atoms with Crippen molar-refractivity contribution in [1.82, 2.24) is 10.2 Å². The average molecular weight is 247 g/mol. The number of hydrogen-bond donors (Lipinski definition) is 1. The van der Waals surface area contributed by atoms with Crippen molar-refractivity contribution in [3.63, 3.8) is 0 Å². The summed E-state index contributed by atoms with van der Waals surface area (Å²) in [6.07, 6.45) is 0.987. The van der Waals surface area contributed by atoms with Gasteiger partial charge in [-0.05, 0) is 39.1 Å². The fourth-order valence-electron chi connectivity index (χ4n) is 2.29. The summed E-state index contributed by atoms with van der Waals surface area (Å²) >= 11 is 0. The number of rotatable bonds is 4. The molecular formula is C14H21N3O. The second-order valence-electron chi connectivity index (χ2n) is 4.89. The van der Waals surface area contributed by atoms with E-state index in [1.165, 1.54) is 5.56 Å². The molecule has 1 aliphatic rings. The largest absolute Gasteiger partial charge is 0.324 e. The van der Waals surface area contributed by atoms with E-state index in [4.69, 9.17) is 0 Å². The monoisotopic (exact) mass is 247 g/mol. The van der Waals surface area contributed by atoms with E-state index in [0.29, 0.717) is 6.04 Å². The Morgan fingerprint density at radius 2 is 2.00 bits per heavy atom. The Hall–Kier alpha value is -1.55. The number of likely N-dealkylation sites (N-methyl/N-ethyl adjacent to an activating group) is 1. The predicted molar refractivity (Wildman–Crippen MR) is 74.0 cm³/mol. The number of carbonyl (C=O) groups is 1. The molecule has 1 saturated heterocycles. The van der Waals surface area contributed by atoms with Crippen molar-refractivity contribution in [1.29, 1.82) is 0 Å². The van der Waals surface area contributed by atoms with Gasteiger partial charge in [0.1, 0.15) is 0 Å². The number of nitrogens with zero attached hydrogens (tertiary/aromatic N) is 2. The average Bonchev–Trinajstić information content (AvgIpc) is 2.65. The lowest BCUT2D eigenvalue weighted by Crippen LogP contribution is -2.32. The smallest absolute Gasteiger partial charge is 0.323 e. The van der Waals surface area contributed by atoms with Crippen LogP contribution < -0.4 is 10.2 Å². The van der Waals surface area contributed by atoms with Crippen LogP contribution in [-0.4, -0.2) is 44.2 Å². The minimum Gasteiger partial charge on any atom is -0.323 e. The first-order valence-electron chi connectivity index (χ1n) is 6.39. The third-order valence-corrected chi connectivity index (χ3v) is 3.55. The third-order valence-electron chi connectivity index (χ3n) is 3.55. The molecule has 1 unspecified atom stereocenters. The molecule has 1 atom stereocenters. The molecule has 4 heteroatoms. The number of urea groups is 1. The zero-order valence-electron chi connectivity index (χ0n) is 11.3. The van der Waals surface area contributed by atoms with Crippen LogP contribution in [0, 0.1) is 6.92 Å². The first kappa shape index (κ1) is 12.9. The van der Waals surface area contributed by atoms with Gasteiger partial charge in [-0.1, -0.05) is 17.7 Å². The number of hydrogen-bond acceptors (Lipinski definition) is 2. The Morgan fingerprint density at radius 3 is 2.61 bits per heavy atom. The highest BCUT2D eigenvalue weighted by Crippen LogP contribution is 2.24. The van der Waals surface area contributed by atoms with Crippen molar-refractivity contribution in [2.24, 2.45) is 0 Å². The zero-order chi connectivity index (χ0) is 13.1. The minimum absolute atomic E-state index is 0.0972. The van der Waals surface area contributed by atoms with Gasteiger partial charge < -0.3 is 10.2 Å². The number of aryl methyl sites for hydroxylation is 1. The van der Waals surface area contributed by atoms with E-state index in [2.05, 4.69) is 12.2 Å². The van der Waals surface area contributed by atoms with Crippen LogP contribution in [0.15, 0.2) is 24.3 Å². The summed E-state index contributed by atoms with van der Waals surface area (Å²) in [5.41, 5.74) is 2.20. The lowest BCUT2D eigenvalue weighted by atomic mass is 10.2. The SMILES string of the molecule is CNCCC1CN(c2ccc(C)cc2)C(=O)N1C. The van der Waals surface area contributed by atoms with Gasteiger partial charge in [-0.25, -0.2) is 4.79 Å². The number of benzene rings is 1. The molecule has 4 nitrogen and oxygen atoms in total. The first-order valence-corrected chi connectivity index (χ1v) is 6.39. The van der Waals surface area contributed by atoms with Gasteiger partial charge >= 0.3 is 6.03 Å². The second kappa shape index (κ2) is 5.40. The Balaban J connectivity index is 2.10. The fourth-order valence-corrected chi connectivity index (χ4v) is 2.29. The molecule has 1 aromatic carbocycles. The molecule has 0 bridgehead atoms. The van der Waals surface area contributed by atoms with E-state index in [0.717, 1.165) is 25.2 Å². The molecule has 0 saturated carbocycles. The number of anilines is 1. The Kier molecular flexibility index (Phi) is 3.87. The molecule has 1 aromatic rings. The zero-order valence-corrected chi connectivity index (χ0v) is 11.3. The molecule has 2 rings (SSSR count). The molecule has 1 aliphatic heterocycles. The standard InChI is InChI=1S/C14H21N3O/c1-11-4-6-12(7-5-11)17-10-13(8-9-15-2)16(3)14(17)18/h4-7,13,15H,8-10H2,1-3H3. The van der Waals surface area contributed by atoms with Crippen molar-refractivity contribution in [2.75, 3.05) is 32.1 Å². The van der Waals surface area contributed by atoms with Crippen LogP contribution in [0.2, 0.25) is 0 Å². The van der Waals surface area contributed by atoms with Crippen LogP contribution in [0.1, 0.15) is 12.0 Å². The summed E-state index contributed by atoms with van der Waals surface area (Å²) < 4.78 is 0. The number of nitrogens with one attached hydrogen (secondary N) is 1. The number of carbonyl (C=O) groups excluding carboxylic acids is 1. The van der Waals surface area contributed by atoms with E-state index in [-0.39, 0.29) is 6.03 Å². The first-order chi connectivity index (χ1) is 8.63. The highest BCUT2D eigenvalue weighted by molar-refractivity contribution is 5.94. The summed E-state index contributed by atoms with van der Waals surface area (Å²) in [5.74, 6) is 0. The van der Waals surface area contributed by atoms with Gasteiger partial charge in [0.25, 0.3) is 0 Å². The van der Waals surface area contributed by atoms with Gasteiger partial charge in [-0.3, -0.25) is 4.90 Å². The Labute approximate surface area is 109 Å². The summed E-state index contributed by atoms with van der Waals surface area (Å²) in [7, 11) is 3.82. The molecule has 0 radical (unpaired) electrons. The van der Waals surface area contributed by atoms with Crippen molar-refractivity contribution < 1.29 is 4.79 Å². The lowest BCUT2D eigenvalue weighted by Gasteiger charge is -2.17. The molecule has 18 heavy (non-hydrogen) atoms. The fraction of sp³-hybridized carbons (Fsp3) is 0.500. The molecule has 1 heterocycles. The van der Waals surface area contributed by atoms with Gasteiger partial charge in [-0.2, -0.15) is 0 Å². The minimum atomic E-state index is 0.0972. The third kappa shape index (κ3) is 2.48. The predicted octanol–water partition coefficient (Wildman–Crippen LogP) is 1.84. The van der Waals surface area contributed by atoms with Crippen LogP contribution in [0.4, 0.5) is 10.5 Å². The maximum Gasteiger partial charge on any atom is 0.324 e. The lowest BCUT2D eigenvalue weighted by molar-refractivity contribution is 0.217. The van der Waals surface area contributed by atoms with E-state index in [1.54, 1.807) is 0 Å². The topological polar surface area (TPSA) is 35.6 Å². The summed E-state index contributed by atoms with van der Waals surface area (Å²) in [4.78, 5) is 15.9. The molecular weight excluding hydrogens is 226 g/mol. The van der Waals surface area contributed by atoms with Gasteiger partial charge in [0.15, 0.2) is 0 Å². The molecule has 1 fully saturated rings. The highest BCUT2D eigenvalue weighted by atomic mass is 16.2. The Morgan fingerprint density at radius 1 is 1.33 bits per heavy atom. The summed E-state index contributed by atoms with van der Waals surface area (Å²) in [6.45, 7) is 3.77. The molecule has 98 valence electrons. The van der Waals surface area contributed by atoms with Crippen LogP contribution in [0.5, 0.6) is 0 Å². The highest BCUT2D eigenvalue weighted by Gasteiger charge is 2.34. The summed E-state index contributed by atoms with van der Waals surface area (Å²) in [5, 5.41) is 3.14. The molecule has 2 amide bonds. The normalized spacial score (nSPS) is 19.7. The van der Waals surface area contributed by atoms with Crippen molar-refractivity contribution in [2.45, 2.75) is 19.4 Å². The van der Waals surface area contributed by atoms with E-state index >= 15 is 0 Å². The molecule has 0 aliphatic carbocycles. The second-order valence-corrected chi connectivity index (χ2v) is 4.89. The van der Waals surface area contributed by atoms with Gasteiger partial charge in [0.05, 0.1) is 6.04 Å². The molecule has 0 aromatic heterocycles. The maximum atomic E-state index is 12.2. The van der Waals surface area contributed by atoms with Crippen molar-refractivity contribution >= 4 is 11.7 Å². The van der Waals surface area contributed by atoms with Gasteiger partial charge in [0, 0.05) is 19.3 Å². The maximum absolute atomic E-state index is 12.2. The van der Waals surface area contributed by atoms with Crippen molar-refractivity contribution in [3.8, 4) is 0 Å². The number of amides is 2. The van der Waals surface area contributed by atoms with Crippen molar-refractivity contribution in [3.05, 3.63) is 29.8 Å². The van der Waals surface area contributed by atoms with Crippen LogP contribution >= 0.6 is 0 Å². The van der Waals surface area contributed by atoms with Gasteiger partial charge in [0.2, 0.25) is 0 Å². The van der Waals surface area contributed by atoms with E-state index in [1.807, 2.05) is 48.2 Å². The molecule has 0 spiro atoms. The van der Waals surface area contributed by atoms with Crippen LogP contribution in [0.25, 0.3) is 0 Å². The van der Waals surface area contributed by atoms with Crippen LogP contribution in [0.3, 0.4) is 0 Å². The van der Waals surface area contributed by atoms with E-state index in [9.17, 15) is 4.79 Å². The quantitative estimate of drug-likeness (QED) is 0.881. The molecule has 1 N–H and O–H groups in total. The summed E-state index contributed by atoms with van der Waals surface area (Å²) in [6, 6.07) is 8.52. The Bertz CT molecular complexity index is 416. The van der Waals surface area contributed by atoms with Gasteiger partial charge in [-0.15, -0.1) is 0 Å².